The van der Waals surface area contributed by atoms with Gasteiger partial charge in [-0.25, -0.2) is 0 Å². The largest absolute Gasteiger partial charge is 0.417 e. The van der Waals surface area contributed by atoms with E-state index < -0.39 is 35.3 Å². The predicted molar refractivity (Wildman–Crippen MR) is 347 cm³/mol. The Kier molecular flexibility index (Phi) is 25.7. The summed E-state index contributed by atoms with van der Waals surface area (Å²) in [6.07, 6.45) is -8.01. The Morgan fingerprint density at radius 2 is 0.678 bits per heavy atom. The molecule has 466 valence electrons. The number of ketones is 2. The van der Waals surface area contributed by atoms with Crippen LogP contribution >= 0.6 is 0 Å². The summed E-state index contributed by atoms with van der Waals surface area (Å²) in [7, 11) is 0. The van der Waals surface area contributed by atoms with Gasteiger partial charge in [0, 0.05) is 62.8 Å². The van der Waals surface area contributed by atoms with Crippen LogP contribution in [-0.2, 0) is 34.8 Å². The van der Waals surface area contributed by atoms with Gasteiger partial charge in [-0.2, -0.15) is 26.3 Å². The third-order valence-corrected chi connectivity index (χ3v) is 13.2. The molecule has 90 heavy (non-hydrogen) atoms. The first-order valence-electron chi connectivity index (χ1n) is 28.2. The Hall–Kier alpha value is -10.6. The SMILES string of the molecule is CC(=O)Cc1ccc(C(=O)Nc2ccc(C)c(C(F)(F)F)c2)cc1.CC(C)=O.CCc1ccc(C(=O)Nc2ccc(-c3ccc(NC(=O)c4ccc(N)cc4)cc3C(F)(F)F)c(C)c2)cc1.Cc1ccc(NC(=O)c2ccc(N)cc2)cc1C.c1ccccc1. The molecule has 0 heterocycles. The van der Waals surface area contributed by atoms with Crippen LogP contribution in [0.4, 0.5) is 60.5 Å². The summed E-state index contributed by atoms with van der Waals surface area (Å²) in [6, 6.07) is 56.4. The van der Waals surface area contributed by atoms with Crippen LogP contribution in [0.3, 0.4) is 0 Å². The number of hydrogen-bond acceptors (Lipinski definition) is 8. The van der Waals surface area contributed by atoms with Crippen molar-refractivity contribution >= 4 is 69.3 Å². The fourth-order valence-corrected chi connectivity index (χ4v) is 8.38. The number of nitrogens with two attached hydrogens (primary N) is 2. The highest BCUT2D eigenvalue weighted by Gasteiger charge is 2.35. The third kappa shape index (κ3) is 22.6. The lowest BCUT2D eigenvalue weighted by Gasteiger charge is -2.17. The number of halogens is 6. The van der Waals surface area contributed by atoms with Crippen molar-refractivity contribution in [2.75, 3.05) is 32.7 Å². The lowest BCUT2D eigenvalue weighted by atomic mass is 9.94. The van der Waals surface area contributed by atoms with Crippen LogP contribution in [0.15, 0.2) is 206 Å². The number of nitrogen functional groups attached to an aromatic ring is 2. The summed E-state index contributed by atoms with van der Waals surface area (Å²) in [5.41, 5.74) is 18.9. The fourth-order valence-electron chi connectivity index (χ4n) is 8.38. The van der Waals surface area contributed by atoms with Gasteiger partial charge in [-0.3, -0.25) is 24.0 Å². The number of nitrogens with one attached hydrogen (secondary N) is 4. The number of hydrogen-bond donors (Lipinski definition) is 6. The summed E-state index contributed by atoms with van der Waals surface area (Å²) in [6.45, 7) is 13.7. The van der Waals surface area contributed by atoms with Crippen molar-refractivity contribution in [3.05, 3.63) is 273 Å². The van der Waals surface area contributed by atoms with Gasteiger partial charge in [0.2, 0.25) is 0 Å². The minimum atomic E-state index is -4.67. The molecule has 0 spiro atoms. The first-order valence-corrected chi connectivity index (χ1v) is 28.2. The summed E-state index contributed by atoms with van der Waals surface area (Å²) in [4.78, 5) is 69.7. The molecule has 0 bridgehead atoms. The number of amides is 4. The van der Waals surface area contributed by atoms with Crippen LogP contribution in [0.1, 0.15) is 114 Å². The number of benzene rings is 9. The number of carbonyl (C=O) groups excluding carboxylic acids is 6. The molecule has 4 amide bonds. The van der Waals surface area contributed by atoms with Crippen molar-refractivity contribution in [1.82, 2.24) is 0 Å². The summed E-state index contributed by atoms with van der Waals surface area (Å²) >= 11 is 0. The molecular weight excluding hydrogens is 1160 g/mol. The zero-order chi connectivity index (χ0) is 66.3. The van der Waals surface area contributed by atoms with Crippen molar-refractivity contribution in [3.63, 3.8) is 0 Å². The average molecular weight is 1230 g/mol. The molecule has 12 nitrogen and oxygen atoms in total. The standard InChI is InChI=1S/C30H26F3N3O2.C18H16F3NO2.C15H16N2O.C6H6.C3H6O/c1-3-19-4-6-20(7-5-19)28(37)35-23-12-14-25(18(2)16-23)26-15-13-24(17-27(26)30(31,32)33)36-29(38)21-8-10-22(34)11-9-21;1-11-3-8-15(10-16(11)18(19,20)21)22-17(24)14-6-4-13(5-7-14)9-12(2)23;1-10-3-8-14(9-11(10)2)17-15(18)12-4-6-13(16)7-5-12;1-2-4-6-5-3-1;1-3(2)4/h4-17H,3,34H2,1-2H3,(H,35,37)(H,36,38);3-8,10H,9H2,1-2H3,(H,22,24);3-9H,16H2,1-2H3,(H,17,18);1-6H;1-2H3. The van der Waals surface area contributed by atoms with E-state index in [1.54, 1.807) is 73.7 Å². The quantitative estimate of drug-likeness (QED) is 0.0512. The molecular formula is C72H70F6N6O6. The highest BCUT2D eigenvalue weighted by Crippen LogP contribution is 2.40. The maximum absolute atomic E-state index is 14.1. The molecule has 0 radical (unpaired) electrons. The van der Waals surface area contributed by atoms with Gasteiger partial charge in [0.1, 0.15) is 11.6 Å². The Balaban J connectivity index is 0.000000241. The van der Waals surface area contributed by atoms with Crippen LogP contribution in [0.2, 0.25) is 0 Å². The number of aryl methyl sites for hydroxylation is 5. The number of alkyl halides is 6. The molecule has 0 aliphatic heterocycles. The first-order chi connectivity index (χ1) is 42.5. The summed E-state index contributed by atoms with van der Waals surface area (Å²) < 4.78 is 80.9. The molecule has 18 heteroatoms. The Labute approximate surface area is 519 Å². The van der Waals surface area contributed by atoms with Crippen molar-refractivity contribution in [2.45, 2.75) is 80.6 Å². The molecule has 0 aliphatic carbocycles. The van der Waals surface area contributed by atoms with E-state index in [1.807, 2.05) is 87.5 Å². The van der Waals surface area contributed by atoms with E-state index in [9.17, 15) is 55.1 Å². The monoisotopic (exact) mass is 1230 g/mol. The number of rotatable bonds is 12. The topological polar surface area (TPSA) is 203 Å². The number of anilines is 6. The van der Waals surface area contributed by atoms with Gasteiger partial charge in [-0.1, -0.05) is 91.9 Å². The molecule has 0 fully saturated rings. The van der Waals surface area contributed by atoms with Crippen molar-refractivity contribution < 1.29 is 55.1 Å². The van der Waals surface area contributed by atoms with Gasteiger partial charge in [-0.05, 0) is 221 Å². The van der Waals surface area contributed by atoms with E-state index in [1.165, 1.54) is 93.9 Å². The molecule has 0 saturated carbocycles. The van der Waals surface area contributed by atoms with Gasteiger partial charge in [0.25, 0.3) is 23.6 Å². The second kappa shape index (κ2) is 32.9. The molecule has 0 aromatic heterocycles. The second-order valence-corrected chi connectivity index (χ2v) is 20.9. The van der Waals surface area contributed by atoms with E-state index in [2.05, 4.69) is 21.3 Å². The lowest BCUT2D eigenvalue weighted by molar-refractivity contribution is -0.138. The molecule has 0 unspecified atom stereocenters. The molecule has 8 N–H and O–H groups in total. The smallest absolute Gasteiger partial charge is 0.399 e. The number of carbonyl (C=O) groups is 6. The van der Waals surface area contributed by atoms with Crippen LogP contribution in [0.5, 0.6) is 0 Å². The molecule has 9 aromatic carbocycles. The predicted octanol–water partition coefficient (Wildman–Crippen LogP) is 17.1. The number of Topliss-reactive ketones (excluding diaryl/α,β-unsaturated/α-hetero) is 2. The molecule has 9 aromatic rings. The van der Waals surface area contributed by atoms with Crippen LogP contribution in [0.25, 0.3) is 11.1 Å². The molecule has 9 rings (SSSR count). The zero-order valence-electron chi connectivity index (χ0n) is 50.9. The van der Waals surface area contributed by atoms with Gasteiger partial charge < -0.3 is 37.5 Å². The van der Waals surface area contributed by atoms with Crippen LogP contribution in [0, 0.1) is 27.7 Å². The molecule has 0 saturated heterocycles. The Morgan fingerprint density at radius 1 is 0.367 bits per heavy atom. The maximum Gasteiger partial charge on any atom is 0.417 e. The third-order valence-electron chi connectivity index (χ3n) is 13.2. The summed E-state index contributed by atoms with van der Waals surface area (Å²) in [5, 5.41) is 10.6. The average Bonchev–Trinajstić information content (AvgIpc) is 0.906. The summed E-state index contributed by atoms with van der Waals surface area (Å²) in [5.74, 6) is -1.32. The van der Waals surface area contributed by atoms with Crippen molar-refractivity contribution in [3.8, 4) is 11.1 Å². The van der Waals surface area contributed by atoms with E-state index in [0.29, 0.717) is 44.9 Å². The van der Waals surface area contributed by atoms with Crippen molar-refractivity contribution in [1.29, 1.82) is 0 Å². The normalized spacial score (nSPS) is 10.6. The van der Waals surface area contributed by atoms with E-state index in [4.69, 9.17) is 11.5 Å². The van der Waals surface area contributed by atoms with Gasteiger partial charge in [0.05, 0.1) is 11.1 Å². The first kappa shape index (κ1) is 70.1. The minimum Gasteiger partial charge on any atom is -0.399 e. The Morgan fingerprint density at radius 3 is 1.02 bits per heavy atom. The maximum atomic E-state index is 14.1. The zero-order valence-corrected chi connectivity index (χ0v) is 50.9. The highest BCUT2D eigenvalue weighted by atomic mass is 19.4. The fraction of sp³-hybridized carbons (Fsp3) is 0.167. The van der Waals surface area contributed by atoms with Crippen molar-refractivity contribution in [2.24, 2.45) is 0 Å². The van der Waals surface area contributed by atoms with E-state index in [0.717, 1.165) is 40.9 Å². The Bertz CT molecular complexity index is 3880. The van der Waals surface area contributed by atoms with E-state index >= 15 is 0 Å². The van der Waals surface area contributed by atoms with Gasteiger partial charge >= 0.3 is 12.4 Å². The van der Waals surface area contributed by atoms with Crippen LogP contribution < -0.4 is 32.7 Å². The highest BCUT2D eigenvalue weighted by molar-refractivity contribution is 6.06. The van der Waals surface area contributed by atoms with Gasteiger partial charge in [-0.15, -0.1) is 0 Å². The minimum absolute atomic E-state index is 0.00605. The molecule has 0 atom stereocenters. The lowest BCUT2D eigenvalue weighted by Crippen LogP contribution is -2.14. The molecule has 0 aliphatic rings. The van der Waals surface area contributed by atoms with Crippen LogP contribution in [-0.4, -0.2) is 35.2 Å². The van der Waals surface area contributed by atoms with E-state index in [-0.39, 0.29) is 57.9 Å². The second-order valence-electron chi connectivity index (χ2n) is 20.9. The van der Waals surface area contributed by atoms with Gasteiger partial charge in [0.15, 0.2) is 0 Å².